The number of hydrogen-bond donors (Lipinski definition) is 0. The molecule has 27 heavy (non-hydrogen) atoms. The van der Waals surface area contributed by atoms with Gasteiger partial charge < -0.3 is 0 Å². The van der Waals surface area contributed by atoms with Crippen LogP contribution in [-0.2, 0) is 6.42 Å². The van der Waals surface area contributed by atoms with Crippen LogP contribution in [0.2, 0.25) is 0 Å². The molecule has 5 rings (SSSR count). The Morgan fingerprint density at radius 3 is 2.63 bits per heavy atom. The molecule has 2 aromatic carbocycles. The van der Waals surface area contributed by atoms with Crippen molar-refractivity contribution in [1.82, 2.24) is 14.8 Å². The van der Waals surface area contributed by atoms with Crippen LogP contribution in [0.15, 0.2) is 48.7 Å². The third kappa shape index (κ3) is 2.75. The molecular weight excluding hydrogens is 368 g/mol. The summed E-state index contributed by atoms with van der Waals surface area (Å²) in [5, 5.41) is 5.05. The van der Waals surface area contributed by atoms with Crippen LogP contribution in [0.5, 0.6) is 0 Å². The van der Waals surface area contributed by atoms with Gasteiger partial charge in [0.2, 0.25) is 5.13 Å². The van der Waals surface area contributed by atoms with Crippen molar-refractivity contribution in [1.29, 1.82) is 0 Å². The second kappa shape index (κ2) is 6.06. The van der Waals surface area contributed by atoms with E-state index >= 15 is 0 Å². The van der Waals surface area contributed by atoms with Crippen LogP contribution in [0.25, 0.3) is 15.3 Å². The van der Waals surface area contributed by atoms with Gasteiger partial charge in [0.25, 0.3) is 0 Å². The lowest BCUT2D eigenvalue weighted by Gasteiger charge is -2.22. The van der Waals surface area contributed by atoms with Gasteiger partial charge in [-0.2, -0.15) is 5.10 Å². The molecule has 1 unspecified atom stereocenters. The van der Waals surface area contributed by atoms with Crippen molar-refractivity contribution >= 4 is 27.3 Å². The van der Waals surface area contributed by atoms with E-state index in [2.05, 4.69) is 10.1 Å². The molecule has 0 radical (unpaired) electrons. The average Bonchev–Trinajstić information content (AvgIpc) is 3.24. The number of aromatic nitrogens is 3. The van der Waals surface area contributed by atoms with Crippen LogP contribution in [-0.4, -0.2) is 20.5 Å². The minimum Gasteiger partial charge on any atom is -0.294 e. The fourth-order valence-corrected chi connectivity index (χ4v) is 4.55. The minimum atomic E-state index is -0.636. The zero-order valence-electron chi connectivity index (χ0n) is 14.0. The van der Waals surface area contributed by atoms with E-state index in [1.165, 1.54) is 23.5 Å². The molecular formula is C20H13F2N3OS. The van der Waals surface area contributed by atoms with Crippen LogP contribution < -0.4 is 0 Å². The van der Waals surface area contributed by atoms with Crippen LogP contribution in [0.4, 0.5) is 8.78 Å². The maximum Gasteiger partial charge on any atom is 0.211 e. The van der Waals surface area contributed by atoms with Gasteiger partial charge in [0, 0.05) is 12.5 Å². The number of fused-ring (bicyclic) bond motifs is 2. The first-order valence-electron chi connectivity index (χ1n) is 8.50. The van der Waals surface area contributed by atoms with Gasteiger partial charge in [-0.1, -0.05) is 23.5 Å². The quantitative estimate of drug-likeness (QED) is 0.507. The highest BCUT2D eigenvalue weighted by Gasteiger charge is 2.31. The number of hydrogen-bond acceptors (Lipinski definition) is 4. The number of nitrogens with zero attached hydrogens (tertiary/aromatic N) is 3. The summed E-state index contributed by atoms with van der Waals surface area (Å²) >= 11 is 1.49. The predicted molar refractivity (Wildman–Crippen MR) is 98.5 cm³/mol. The Hall–Kier alpha value is -2.93. The number of rotatable bonds is 2. The molecule has 0 bridgehead atoms. The molecule has 0 saturated heterocycles. The Morgan fingerprint density at radius 2 is 1.85 bits per heavy atom. The minimum absolute atomic E-state index is 0.0710. The third-order valence-corrected chi connectivity index (χ3v) is 5.87. The van der Waals surface area contributed by atoms with Gasteiger partial charge in [0.15, 0.2) is 5.78 Å². The largest absolute Gasteiger partial charge is 0.294 e. The summed E-state index contributed by atoms with van der Waals surface area (Å²) in [6.45, 7) is 0. The molecule has 4 aromatic rings. The van der Waals surface area contributed by atoms with Gasteiger partial charge in [-0.25, -0.2) is 18.4 Å². The van der Waals surface area contributed by atoms with Crippen LogP contribution in [0.3, 0.4) is 0 Å². The van der Waals surface area contributed by atoms with E-state index in [0.717, 1.165) is 22.0 Å². The second-order valence-corrected chi connectivity index (χ2v) is 7.62. The van der Waals surface area contributed by atoms with Crippen molar-refractivity contribution in [2.75, 3.05) is 0 Å². The van der Waals surface area contributed by atoms with E-state index in [-0.39, 0.29) is 18.1 Å². The van der Waals surface area contributed by atoms with E-state index in [0.29, 0.717) is 22.7 Å². The lowest BCUT2D eigenvalue weighted by molar-refractivity contribution is 0.0963. The number of thiazole rings is 1. The molecule has 0 saturated carbocycles. The molecule has 0 aliphatic heterocycles. The maximum absolute atomic E-state index is 13.6. The van der Waals surface area contributed by atoms with Gasteiger partial charge in [0.05, 0.1) is 27.7 Å². The Kier molecular flexibility index (Phi) is 3.65. The second-order valence-electron chi connectivity index (χ2n) is 6.61. The first-order chi connectivity index (χ1) is 13.1. The molecule has 2 aromatic heterocycles. The van der Waals surface area contributed by atoms with Crippen molar-refractivity contribution < 1.29 is 13.6 Å². The molecule has 1 atom stereocenters. The van der Waals surface area contributed by atoms with E-state index in [1.807, 2.05) is 24.3 Å². The molecule has 0 amide bonds. The number of carbonyl (C=O) groups excluding carboxylic acids is 1. The summed E-state index contributed by atoms with van der Waals surface area (Å²) in [6, 6.07) is 11.2. The van der Waals surface area contributed by atoms with E-state index < -0.39 is 11.6 Å². The number of ketones is 1. The molecule has 0 spiro atoms. The Labute approximate surface area is 157 Å². The molecule has 0 N–H and O–H groups in total. The summed E-state index contributed by atoms with van der Waals surface area (Å²) in [5.41, 5.74) is 2.65. The van der Waals surface area contributed by atoms with Crippen molar-refractivity contribution in [2.45, 2.75) is 18.8 Å². The third-order valence-electron chi connectivity index (χ3n) is 4.86. The van der Waals surface area contributed by atoms with E-state index in [4.69, 9.17) is 0 Å². The Morgan fingerprint density at radius 1 is 1.07 bits per heavy atom. The average molecular weight is 381 g/mol. The SMILES string of the molecule is O=C1CC(c2cc(F)cc(F)c2)Cc2c1cnn2-c1nc2ccccc2s1. The van der Waals surface area contributed by atoms with Gasteiger partial charge in [-0.15, -0.1) is 0 Å². The van der Waals surface area contributed by atoms with E-state index in [1.54, 1.807) is 10.9 Å². The van der Waals surface area contributed by atoms with Gasteiger partial charge >= 0.3 is 0 Å². The van der Waals surface area contributed by atoms with Crippen LogP contribution >= 0.6 is 11.3 Å². The highest BCUT2D eigenvalue weighted by Crippen LogP contribution is 2.35. The van der Waals surface area contributed by atoms with Gasteiger partial charge in [-0.05, 0) is 42.2 Å². The van der Waals surface area contributed by atoms with E-state index in [9.17, 15) is 13.6 Å². The fourth-order valence-electron chi connectivity index (χ4n) is 3.60. The molecule has 134 valence electrons. The monoisotopic (exact) mass is 381 g/mol. The van der Waals surface area contributed by atoms with Gasteiger partial charge in [-0.3, -0.25) is 4.79 Å². The standard InChI is InChI=1S/C20H13F2N3OS/c21-13-5-11(6-14(22)9-13)12-7-17-15(18(26)8-12)10-23-25(17)20-24-16-3-1-2-4-19(16)27-20/h1-6,9-10,12H,7-8H2. The van der Waals surface area contributed by atoms with Crippen LogP contribution in [0.1, 0.15) is 34.0 Å². The van der Waals surface area contributed by atoms with Crippen molar-refractivity contribution in [3.63, 3.8) is 0 Å². The van der Waals surface area contributed by atoms with Crippen molar-refractivity contribution in [2.24, 2.45) is 0 Å². The summed E-state index contributed by atoms with van der Waals surface area (Å²) < 4.78 is 30.0. The summed E-state index contributed by atoms with van der Waals surface area (Å²) in [4.78, 5) is 17.2. The zero-order chi connectivity index (χ0) is 18.5. The number of halogens is 2. The van der Waals surface area contributed by atoms with Crippen molar-refractivity contribution in [3.05, 3.63) is 77.1 Å². The molecule has 1 aliphatic rings. The lowest BCUT2D eigenvalue weighted by atomic mass is 9.82. The van der Waals surface area contributed by atoms with Crippen molar-refractivity contribution in [3.8, 4) is 5.13 Å². The number of para-hydroxylation sites is 1. The number of Topliss-reactive ketones (excluding diaryl/α,β-unsaturated/α-hetero) is 1. The van der Waals surface area contributed by atoms with Gasteiger partial charge in [0.1, 0.15) is 11.6 Å². The fraction of sp³-hybridized carbons (Fsp3) is 0.150. The molecule has 0 fully saturated rings. The summed E-state index contributed by atoms with van der Waals surface area (Å²) in [6.07, 6.45) is 2.24. The Bertz CT molecular complexity index is 1140. The van der Waals surface area contributed by atoms with Crippen LogP contribution in [0, 0.1) is 11.6 Å². The zero-order valence-corrected chi connectivity index (χ0v) is 14.8. The first-order valence-corrected chi connectivity index (χ1v) is 9.32. The normalized spacial score (nSPS) is 16.7. The highest BCUT2D eigenvalue weighted by molar-refractivity contribution is 7.20. The molecule has 7 heteroatoms. The molecule has 4 nitrogen and oxygen atoms in total. The lowest BCUT2D eigenvalue weighted by Crippen LogP contribution is -2.20. The number of benzene rings is 2. The maximum atomic E-state index is 13.6. The molecule has 2 heterocycles. The summed E-state index contributed by atoms with van der Waals surface area (Å²) in [7, 11) is 0. The first kappa shape index (κ1) is 16.3. The smallest absolute Gasteiger partial charge is 0.211 e. The number of carbonyl (C=O) groups is 1. The predicted octanol–water partition coefficient (Wildman–Crippen LogP) is 4.67. The molecule has 1 aliphatic carbocycles. The topological polar surface area (TPSA) is 47.8 Å². The summed E-state index contributed by atoms with van der Waals surface area (Å²) in [5.74, 6) is -1.64. The highest BCUT2D eigenvalue weighted by atomic mass is 32.1. The Balaban J connectivity index is 1.58.